The quantitative estimate of drug-likeness (QED) is 0.764. The van der Waals surface area contributed by atoms with Crippen LogP contribution in [0.4, 0.5) is 0 Å². The van der Waals surface area contributed by atoms with Gasteiger partial charge < -0.3 is 14.4 Å². The van der Waals surface area contributed by atoms with E-state index in [4.69, 9.17) is 9.47 Å². The Morgan fingerprint density at radius 3 is 2.72 bits per heavy atom. The van der Waals surface area contributed by atoms with Crippen LogP contribution in [0.3, 0.4) is 0 Å². The number of halogens is 1. The summed E-state index contributed by atoms with van der Waals surface area (Å²) in [6, 6.07) is 15.4. The molecule has 132 valence electrons. The van der Waals surface area contributed by atoms with Crippen LogP contribution >= 0.6 is 15.9 Å². The maximum Gasteiger partial charge on any atom is 0.258 e. The van der Waals surface area contributed by atoms with E-state index >= 15 is 0 Å². The van der Waals surface area contributed by atoms with E-state index in [1.54, 1.807) is 0 Å². The standard InChI is InChI=1S/C20H22BrNO3/c1-14-12-24-15(2)11-22(14)20(23)17-8-4-6-10-19(17)25-13-16-7-3-5-9-18(16)21/h3-10,14-15H,11-13H2,1-2H3. The molecule has 2 atom stereocenters. The minimum absolute atomic E-state index is 0.00891. The summed E-state index contributed by atoms with van der Waals surface area (Å²) in [5.41, 5.74) is 1.63. The fourth-order valence-corrected chi connectivity index (χ4v) is 3.28. The lowest BCUT2D eigenvalue weighted by molar-refractivity contribution is -0.0388. The van der Waals surface area contributed by atoms with E-state index in [0.717, 1.165) is 10.0 Å². The van der Waals surface area contributed by atoms with Crippen molar-refractivity contribution in [2.45, 2.75) is 32.6 Å². The first-order valence-corrected chi connectivity index (χ1v) is 9.23. The molecule has 0 bridgehead atoms. The molecule has 5 heteroatoms. The number of morpholine rings is 1. The molecule has 1 aliphatic rings. The number of carbonyl (C=O) groups is 1. The Morgan fingerprint density at radius 2 is 1.92 bits per heavy atom. The van der Waals surface area contributed by atoms with Gasteiger partial charge in [-0.15, -0.1) is 0 Å². The summed E-state index contributed by atoms with van der Waals surface area (Å²) >= 11 is 3.53. The fourth-order valence-electron chi connectivity index (χ4n) is 2.88. The van der Waals surface area contributed by atoms with Gasteiger partial charge in [0.15, 0.2) is 0 Å². The van der Waals surface area contributed by atoms with Gasteiger partial charge in [0.05, 0.1) is 24.3 Å². The molecule has 1 amide bonds. The summed E-state index contributed by atoms with van der Waals surface area (Å²) < 4.78 is 12.6. The Labute approximate surface area is 156 Å². The molecule has 1 fully saturated rings. The number of benzene rings is 2. The van der Waals surface area contributed by atoms with Crippen molar-refractivity contribution < 1.29 is 14.3 Å². The Bertz CT molecular complexity index is 749. The van der Waals surface area contributed by atoms with Gasteiger partial charge in [0.25, 0.3) is 5.91 Å². The molecule has 2 aromatic carbocycles. The van der Waals surface area contributed by atoms with Gasteiger partial charge in [0.1, 0.15) is 12.4 Å². The Kier molecular flexibility index (Phi) is 5.76. The molecule has 1 heterocycles. The van der Waals surface area contributed by atoms with Gasteiger partial charge in [-0.1, -0.05) is 46.3 Å². The van der Waals surface area contributed by atoms with Crippen LogP contribution in [0.2, 0.25) is 0 Å². The Morgan fingerprint density at radius 1 is 1.20 bits per heavy atom. The zero-order valence-corrected chi connectivity index (χ0v) is 16.0. The largest absolute Gasteiger partial charge is 0.488 e. The monoisotopic (exact) mass is 403 g/mol. The molecule has 2 unspecified atom stereocenters. The normalized spacial score (nSPS) is 20.4. The number of hydrogen-bond donors (Lipinski definition) is 0. The summed E-state index contributed by atoms with van der Waals surface area (Å²) in [5.74, 6) is 0.597. The summed E-state index contributed by atoms with van der Waals surface area (Å²) in [6.07, 6.45) is 0.0495. The molecule has 0 aromatic heterocycles. The fraction of sp³-hybridized carbons (Fsp3) is 0.350. The predicted octanol–water partition coefficient (Wildman–Crippen LogP) is 4.28. The lowest BCUT2D eigenvalue weighted by atomic mass is 10.1. The maximum atomic E-state index is 13.0. The predicted molar refractivity (Wildman–Crippen MR) is 101 cm³/mol. The van der Waals surface area contributed by atoms with Crippen LogP contribution in [0.5, 0.6) is 5.75 Å². The molecule has 0 N–H and O–H groups in total. The van der Waals surface area contributed by atoms with Gasteiger partial charge >= 0.3 is 0 Å². The van der Waals surface area contributed by atoms with Crippen LogP contribution in [-0.4, -0.2) is 36.1 Å². The van der Waals surface area contributed by atoms with Gasteiger partial charge in [-0.2, -0.15) is 0 Å². The first-order valence-electron chi connectivity index (χ1n) is 8.44. The molecule has 4 nitrogen and oxygen atoms in total. The lowest BCUT2D eigenvalue weighted by Gasteiger charge is -2.37. The molecule has 2 aromatic rings. The molecular weight excluding hydrogens is 382 g/mol. The van der Waals surface area contributed by atoms with Gasteiger partial charge in [0, 0.05) is 16.6 Å². The molecule has 0 radical (unpaired) electrons. The van der Waals surface area contributed by atoms with Crippen molar-refractivity contribution in [3.63, 3.8) is 0 Å². The maximum absolute atomic E-state index is 13.0. The van der Waals surface area contributed by atoms with Gasteiger partial charge in [0.2, 0.25) is 0 Å². The third-order valence-electron chi connectivity index (χ3n) is 4.33. The van der Waals surface area contributed by atoms with Crippen LogP contribution in [0, 0.1) is 0 Å². The smallest absolute Gasteiger partial charge is 0.258 e. The minimum Gasteiger partial charge on any atom is -0.488 e. The molecule has 1 saturated heterocycles. The second-order valence-electron chi connectivity index (χ2n) is 6.33. The van der Waals surface area contributed by atoms with Crippen LogP contribution in [0.25, 0.3) is 0 Å². The number of para-hydroxylation sites is 1. The van der Waals surface area contributed by atoms with E-state index in [1.165, 1.54) is 0 Å². The lowest BCUT2D eigenvalue weighted by Crippen LogP contribution is -2.50. The number of hydrogen-bond acceptors (Lipinski definition) is 3. The zero-order chi connectivity index (χ0) is 17.8. The highest BCUT2D eigenvalue weighted by atomic mass is 79.9. The first-order chi connectivity index (χ1) is 12.1. The number of rotatable bonds is 4. The number of nitrogens with zero attached hydrogens (tertiary/aromatic N) is 1. The Balaban J connectivity index is 1.78. The van der Waals surface area contributed by atoms with Crippen molar-refractivity contribution in [2.24, 2.45) is 0 Å². The molecule has 0 saturated carbocycles. The van der Waals surface area contributed by atoms with Crippen molar-refractivity contribution in [3.05, 3.63) is 64.1 Å². The second-order valence-corrected chi connectivity index (χ2v) is 7.18. The van der Waals surface area contributed by atoms with Crippen LogP contribution < -0.4 is 4.74 Å². The van der Waals surface area contributed by atoms with Crippen LogP contribution in [-0.2, 0) is 11.3 Å². The summed E-state index contributed by atoms with van der Waals surface area (Å²) in [4.78, 5) is 14.9. The second kappa shape index (κ2) is 8.02. The van der Waals surface area contributed by atoms with Gasteiger partial charge in [-0.05, 0) is 32.0 Å². The van der Waals surface area contributed by atoms with Crippen molar-refractivity contribution in [1.29, 1.82) is 0 Å². The highest BCUT2D eigenvalue weighted by Crippen LogP contribution is 2.25. The van der Waals surface area contributed by atoms with Crippen molar-refractivity contribution >= 4 is 21.8 Å². The number of amides is 1. The third-order valence-corrected chi connectivity index (χ3v) is 5.10. The highest BCUT2D eigenvalue weighted by molar-refractivity contribution is 9.10. The summed E-state index contributed by atoms with van der Waals surface area (Å²) in [6.45, 7) is 5.56. The molecule has 25 heavy (non-hydrogen) atoms. The minimum atomic E-state index is -0.00891. The van der Waals surface area contributed by atoms with E-state index in [-0.39, 0.29) is 18.1 Å². The molecule has 1 aliphatic heterocycles. The first kappa shape index (κ1) is 18.0. The van der Waals surface area contributed by atoms with Crippen LogP contribution in [0.15, 0.2) is 53.0 Å². The van der Waals surface area contributed by atoms with E-state index in [1.807, 2.05) is 67.3 Å². The number of ether oxygens (including phenoxy) is 2. The van der Waals surface area contributed by atoms with E-state index in [0.29, 0.717) is 31.1 Å². The van der Waals surface area contributed by atoms with E-state index in [2.05, 4.69) is 15.9 Å². The Hall–Kier alpha value is -1.85. The summed E-state index contributed by atoms with van der Waals surface area (Å²) in [7, 11) is 0. The molecule has 0 spiro atoms. The molecule has 0 aliphatic carbocycles. The molecule has 3 rings (SSSR count). The average Bonchev–Trinajstić information content (AvgIpc) is 2.63. The van der Waals surface area contributed by atoms with Gasteiger partial charge in [-0.3, -0.25) is 4.79 Å². The van der Waals surface area contributed by atoms with Crippen LogP contribution in [0.1, 0.15) is 29.8 Å². The highest BCUT2D eigenvalue weighted by Gasteiger charge is 2.29. The van der Waals surface area contributed by atoms with Gasteiger partial charge in [-0.25, -0.2) is 0 Å². The van der Waals surface area contributed by atoms with Crippen molar-refractivity contribution in [1.82, 2.24) is 4.90 Å². The van der Waals surface area contributed by atoms with Crippen molar-refractivity contribution in [2.75, 3.05) is 13.2 Å². The van der Waals surface area contributed by atoms with Crippen molar-refractivity contribution in [3.8, 4) is 5.75 Å². The SMILES string of the molecule is CC1CN(C(=O)c2ccccc2OCc2ccccc2Br)C(C)CO1. The van der Waals surface area contributed by atoms with E-state index in [9.17, 15) is 4.79 Å². The topological polar surface area (TPSA) is 38.8 Å². The zero-order valence-electron chi connectivity index (χ0n) is 14.4. The average molecular weight is 404 g/mol. The third kappa shape index (κ3) is 4.22. The van der Waals surface area contributed by atoms with E-state index < -0.39 is 0 Å². The number of carbonyl (C=O) groups excluding carboxylic acids is 1. The molecular formula is C20H22BrNO3. The summed E-state index contributed by atoms with van der Waals surface area (Å²) in [5, 5.41) is 0.